The van der Waals surface area contributed by atoms with E-state index < -0.39 is 54.3 Å². The Hall–Kier alpha value is -2.95. The third-order valence-electron chi connectivity index (χ3n) is 4.53. The van der Waals surface area contributed by atoms with Gasteiger partial charge in [0, 0.05) is 18.0 Å². The molecule has 0 aliphatic carbocycles. The molecule has 150 valence electrons. The fourth-order valence-corrected chi connectivity index (χ4v) is 3.06. The topological polar surface area (TPSA) is 146 Å². The van der Waals surface area contributed by atoms with Crippen LogP contribution >= 0.6 is 0 Å². The van der Waals surface area contributed by atoms with Crippen molar-refractivity contribution in [3.05, 3.63) is 63.4 Å². The number of amides is 1. The lowest BCUT2D eigenvalue weighted by molar-refractivity contribution is -0.123. The van der Waals surface area contributed by atoms with E-state index in [1.54, 1.807) is 6.92 Å². The highest BCUT2D eigenvalue weighted by molar-refractivity contribution is 5.84. The van der Waals surface area contributed by atoms with Crippen molar-refractivity contribution in [3.63, 3.8) is 0 Å². The van der Waals surface area contributed by atoms with Gasteiger partial charge in [0.2, 0.25) is 5.91 Å². The van der Waals surface area contributed by atoms with Crippen LogP contribution in [0.2, 0.25) is 0 Å². The molecule has 3 rings (SSSR count). The Morgan fingerprint density at radius 2 is 2.00 bits per heavy atom. The van der Waals surface area contributed by atoms with Crippen LogP contribution in [0.4, 0.5) is 5.69 Å². The molecular weight excluding hydrogens is 368 g/mol. The number of carbonyl (C=O) groups is 1. The summed E-state index contributed by atoms with van der Waals surface area (Å²) >= 11 is 0. The van der Waals surface area contributed by atoms with Crippen LogP contribution in [0.25, 0.3) is 0 Å². The number of aromatic nitrogens is 2. The molecule has 0 bridgehead atoms. The SMILES string of the molecule is CC(Nc1ccccc1)C(=O)NC1[C@H](n2ccc(=O)[nH]c2=O)O[C@H](CO)[C@H]1O. The number of hydrogen-bond donors (Lipinski definition) is 5. The molecule has 2 unspecified atom stereocenters. The second-order valence-electron chi connectivity index (χ2n) is 6.52. The van der Waals surface area contributed by atoms with E-state index in [1.165, 1.54) is 6.20 Å². The van der Waals surface area contributed by atoms with Gasteiger partial charge in [-0.15, -0.1) is 0 Å². The van der Waals surface area contributed by atoms with Gasteiger partial charge in [0.1, 0.15) is 24.3 Å². The smallest absolute Gasteiger partial charge is 0.330 e. The van der Waals surface area contributed by atoms with Crippen molar-refractivity contribution in [2.24, 2.45) is 0 Å². The Labute approximate surface area is 159 Å². The number of nitrogens with zero attached hydrogens (tertiary/aromatic N) is 1. The Bertz CT molecular complexity index is 927. The summed E-state index contributed by atoms with van der Waals surface area (Å²) in [5.74, 6) is -0.433. The van der Waals surface area contributed by atoms with Gasteiger partial charge in [-0.3, -0.25) is 19.1 Å². The average molecular weight is 390 g/mol. The van der Waals surface area contributed by atoms with Gasteiger partial charge in [0.05, 0.1) is 6.61 Å². The standard InChI is InChI=1S/C18H22N4O6/c1-10(19-11-5-3-2-4-6-11)16(26)21-14-15(25)12(9-23)28-17(14)22-8-7-13(24)20-18(22)27/h2-8,10,12,14-15,17,19,23,25H,9H2,1H3,(H,21,26)(H,20,24,27)/t10?,12-,14?,15-,17-/m1/s1. The molecule has 1 saturated heterocycles. The zero-order valence-corrected chi connectivity index (χ0v) is 15.1. The highest BCUT2D eigenvalue weighted by Gasteiger charge is 2.45. The number of para-hydroxylation sites is 1. The summed E-state index contributed by atoms with van der Waals surface area (Å²) in [4.78, 5) is 38.1. The van der Waals surface area contributed by atoms with Crippen molar-refractivity contribution < 1.29 is 19.7 Å². The van der Waals surface area contributed by atoms with Crippen LogP contribution in [0.15, 0.2) is 52.2 Å². The number of ether oxygens (including phenoxy) is 1. The number of carbonyl (C=O) groups excluding carboxylic acids is 1. The van der Waals surface area contributed by atoms with E-state index in [1.807, 2.05) is 30.3 Å². The largest absolute Gasteiger partial charge is 0.394 e. The molecule has 0 spiro atoms. The third kappa shape index (κ3) is 4.14. The van der Waals surface area contributed by atoms with Crippen molar-refractivity contribution in [1.82, 2.24) is 14.9 Å². The number of aromatic amines is 1. The lowest BCUT2D eigenvalue weighted by atomic mass is 10.1. The maximum Gasteiger partial charge on any atom is 0.330 e. The number of H-pyrrole nitrogens is 1. The van der Waals surface area contributed by atoms with Gasteiger partial charge in [0.25, 0.3) is 5.56 Å². The van der Waals surface area contributed by atoms with E-state index in [9.17, 15) is 24.6 Å². The van der Waals surface area contributed by atoms with E-state index in [2.05, 4.69) is 15.6 Å². The monoisotopic (exact) mass is 390 g/mol. The molecular formula is C18H22N4O6. The first-order chi connectivity index (χ1) is 13.4. The molecule has 2 heterocycles. The van der Waals surface area contributed by atoms with Gasteiger partial charge < -0.3 is 25.6 Å². The zero-order valence-electron chi connectivity index (χ0n) is 15.1. The molecule has 5 N–H and O–H groups in total. The molecule has 1 aliphatic rings. The fraction of sp³-hybridized carbons (Fsp3) is 0.389. The molecule has 1 aromatic heterocycles. The summed E-state index contributed by atoms with van der Waals surface area (Å²) in [6.45, 7) is 1.15. The van der Waals surface area contributed by atoms with Crippen LogP contribution in [-0.2, 0) is 9.53 Å². The zero-order chi connectivity index (χ0) is 20.3. The first-order valence-corrected chi connectivity index (χ1v) is 8.78. The van der Waals surface area contributed by atoms with E-state index in [-0.39, 0.29) is 0 Å². The summed E-state index contributed by atoms with van der Waals surface area (Å²) < 4.78 is 6.60. The van der Waals surface area contributed by atoms with Crippen molar-refractivity contribution in [2.45, 2.75) is 37.4 Å². The van der Waals surface area contributed by atoms with Crippen LogP contribution in [0.5, 0.6) is 0 Å². The van der Waals surface area contributed by atoms with E-state index in [0.29, 0.717) is 0 Å². The van der Waals surface area contributed by atoms with Gasteiger partial charge in [-0.25, -0.2) is 4.79 Å². The van der Waals surface area contributed by atoms with Gasteiger partial charge >= 0.3 is 5.69 Å². The maximum atomic E-state index is 12.6. The van der Waals surface area contributed by atoms with Crippen LogP contribution < -0.4 is 21.9 Å². The van der Waals surface area contributed by atoms with Crippen molar-refractivity contribution in [1.29, 1.82) is 0 Å². The summed E-state index contributed by atoms with van der Waals surface area (Å²) in [6, 6.07) is 8.59. The first-order valence-electron chi connectivity index (χ1n) is 8.78. The summed E-state index contributed by atoms with van der Waals surface area (Å²) in [5, 5.41) is 25.5. The Morgan fingerprint density at radius 3 is 2.64 bits per heavy atom. The number of benzene rings is 1. The highest BCUT2D eigenvalue weighted by atomic mass is 16.5. The second kappa shape index (κ2) is 8.38. The molecule has 2 aromatic rings. The number of aliphatic hydroxyl groups excluding tert-OH is 2. The summed E-state index contributed by atoms with van der Waals surface area (Å²) in [5.41, 5.74) is -0.590. The number of aliphatic hydroxyl groups is 2. The lowest BCUT2D eigenvalue weighted by Crippen LogP contribution is -2.51. The van der Waals surface area contributed by atoms with Gasteiger partial charge in [-0.2, -0.15) is 0 Å². The average Bonchev–Trinajstić information content (AvgIpc) is 2.98. The summed E-state index contributed by atoms with van der Waals surface area (Å²) in [7, 11) is 0. The number of rotatable bonds is 6. The Kier molecular flexibility index (Phi) is 5.93. The van der Waals surface area contributed by atoms with E-state index in [0.717, 1.165) is 16.3 Å². The molecule has 1 fully saturated rings. The summed E-state index contributed by atoms with van der Waals surface area (Å²) in [6.07, 6.45) is -2.12. The molecule has 28 heavy (non-hydrogen) atoms. The molecule has 10 heteroatoms. The highest BCUT2D eigenvalue weighted by Crippen LogP contribution is 2.28. The normalized spacial score (nSPS) is 25.2. The number of hydrogen-bond acceptors (Lipinski definition) is 7. The maximum absolute atomic E-state index is 12.6. The van der Waals surface area contributed by atoms with Crippen LogP contribution in [0, 0.1) is 0 Å². The number of nitrogens with one attached hydrogen (secondary N) is 3. The minimum Gasteiger partial charge on any atom is -0.394 e. The molecule has 0 saturated carbocycles. The molecule has 1 aromatic carbocycles. The van der Waals surface area contributed by atoms with Gasteiger partial charge in [-0.05, 0) is 19.1 Å². The van der Waals surface area contributed by atoms with Gasteiger partial charge in [0.15, 0.2) is 6.23 Å². The van der Waals surface area contributed by atoms with Crippen molar-refractivity contribution in [2.75, 3.05) is 11.9 Å². The molecule has 1 amide bonds. The predicted molar refractivity (Wildman–Crippen MR) is 99.8 cm³/mol. The lowest BCUT2D eigenvalue weighted by Gasteiger charge is -2.25. The Morgan fingerprint density at radius 1 is 1.29 bits per heavy atom. The fourth-order valence-electron chi connectivity index (χ4n) is 3.06. The van der Waals surface area contributed by atoms with Crippen LogP contribution in [0.3, 0.4) is 0 Å². The molecule has 10 nitrogen and oxygen atoms in total. The second-order valence-corrected chi connectivity index (χ2v) is 6.52. The minimum atomic E-state index is -1.25. The van der Waals surface area contributed by atoms with Crippen LogP contribution in [-0.4, -0.2) is 56.6 Å². The molecule has 0 radical (unpaired) electrons. The van der Waals surface area contributed by atoms with E-state index in [4.69, 9.17) is 4.74 Å². The first kappa shape index (κ1) is 19.8. The predicted octanol–water partition coefficient (Wildman–Crippen LogP) is -1.23. The van der Waals surface area contributed by atoms with Gasteiger partial charge in [-0.1, -0.05) is 18.2 Å². The Balaban J connectivity index is 1.79. The molecule has 5 atom stereocenters. The minimum absolute atomic E-state index is 0.433. The number of anilines is 1. The van der Waals surface area contributed by atoms with Crippen LogP contribution in [0.1, 0.15) is 13.2 Å². The van der Waals surface area contributed by atoms with Crippen molar-refractivity contribution in [3.8, 4) is 0 Å². The van der Waals surface area contributed by atoms with E-state index >= 15 is 0 Å². The quantitative estimate of drug-likeness (QED) is 0.415. The van der Waals surface area contributed by atoms with Crippen molar-refractivity contribution >= 4 is 11.6 Å². The molecule has 1 aliphatic heterocycles. The third-order valence-corrected chi connectivity index (χ3v) is 4.53.